The molecule has 0 amide bonds. The monoisotopic (exact) mass is 450 g/mol. The van der Waals surface area contributed by atoms with Crippen LogP contribution in [0.2, 0.25) is 0 Å². The number of phenols is 5. The molecule has 0 fully saturated rings. The highest BCUT2D eigenvalue weighted by atomic mass is 16.4. The molecule has 6 N–H and O–H groups in total. The van der Waals surface area contributed by atoms with Crippen molar-refractivity contribution in [1.82, 2.24) is 0 Å². The van der Waals surface area contributed by atoms with Crippen LogP contribution in [-0.2, 0) is 0 Å². The molecule has 2 aromatic heterocycles. The van der Waals surface area contributed by atoms with E-state index in [1.165, 1.54) is 19.1 Å². The number of phenolic OH excluding ortho intramolecular Hbond substituents is 5. The highest BCUT2D eigenvalue weighted by Crippen LogP contribution is 2.45. The number of aryl methyl sites for hydroxylation is 1. The van der Waals surface area contributed by atoms with Crippen LogP contribution in [0.5, 0.6) is 34.5 Å². The van der Waals surface area contributed by atoms with E-state index in [9.17, 15) is 40.2 Å². The van der Waals surface area contributed by atoms with Gasteiger partial charge in [0.05, 0.1) is 10.8 Å². The van der Waals surface area contributed by atoms with Gasteiger partial charge in [-0.15, -0.1) is 0 Å². The molecule has 0 aliphatic rings. The van der Waals surface area contributed by atoms with E-state index in [-0.39, 0.29) is 38.5 Å². The molecule has 0 radical (unpaired) electrons. The van der Waals surface area contributed by atoms with Gasteiger partial charge in [0.25, 0.3) is 0 Å². The van der Waals surface area contributed by atoms with Gasteiger partial charge >= 0.3 is 5.63 Å². The zero-order valence-corrected chi connectivity index (χ0v) is 16.7. The highest BCUT2D eigenvalue weighted by molar-refractivity contribution is 6.21. The van der Waals surface area contributed by atoms with Crippen LogP contribution in [0.4, 0.5) is 0 Å². The van der Waals surface area contributed by atoms with E-state index in [0.717, 1.165) is 18.2 Å². The van der Waals surface area contributed by atoms with Gasteiger partial charge in [-0.2, -0.15) is 0 Å². The number of aromatic hydroxyl groups is 6. The Balaban J connectivity index is 2.11. The van der Waals surface area contributed by atoms with Crippen LogP contribution in [0.15, 0.2) is 48.8 Å². The molecule has 0 spiro atoms. The van der Waals surface area contributed by atoms with Crippen LogP contribution in [0, 0.1) is 6.92 Å². The summed E-state index contributed by atoms with van der Waals surface area (Å²) in [5.41, 5.74) is -2.52. The lowest BCUT2D eigenvalue weighted by Gasteiger charge is -2.13. The summed E-state index contributed by atoms with van der Waals surface area (Å²) in [5, 5.41) is 60.3. The Morgan fingerprint density at radius 3 is 2.06 bits per heavy atom. The Bertz CT molecular complexity index is 1780. The van der Waals surface area contributed by atoms with E-state index in [2.05, 4.69) is 0 Å². The molecule has 0 unspecified atom stereocenters. The lowest BCUT2D eigenvalue weighted by molar-refractivity contribution is 0.403. The predicted octanol–water partition coefficient (Wildman–Crippen LogP) is 3.26. The minimum absolute atomic E-state index is 0.00349. The van der Waals surface area contributed by atoms with Gasteiger partial charge < -0.3 is 39.5 Å². The molecule has 10 nitrogen and oxygen atoms in total. The predicted molar refractivity (Wildman–Crippen MR) is 116 cm³/mol. The van der Waals surface area contributed by atoms with Crippen LogP contribution < -0.4 is 11.1 Å². The van der Waals surface area contributed by atoms with Gasteiger partial charge in [-0.05, 0) is 37.3 Å². The van der Waals surface area contributed by atoms with Crippen molar-refractivity contribution in [3.8, 4) is 45.8 Å². The molecule has 10 heteroatoms. The molecule has 3 aromatic carbocycles. The summed E-state index contributed by atoms with van der Waals surface area (Å²) in [7, 11) is 0. The molecule has 5 rings (SSSR count). The van der Waals surface area contributed by atoms with Crippen molar-refractivity contribution in [1.29, 1.82) is 0 Å². The molecule has 0 atom stereocenters. The largest absolute Gasteiger partial charge is 0.507 e. The second kappa shape index (κ2) is 6.57. The maximum atomic E-state index is 13.1. The summed E-state index contributed by atoms with van der Waals surface area (Å²) in [4.78, 5) is 25.6. The third-order valence-electron chi connectivity index (χ3n) is 5.53. The first-order chi connectivity index (χ1) is 15.6. The molecule has 0 aliphatic heterocycles. The molecule has 166 valence electrons. The van der Waals surface area contributed by atoms with E-state index >= 15 is 0 Å². The second-order valence-corrected chi connectivity index (χ2v) is 7.44. The summed E-state index contributed by atoms with van der Waals surface area (Å²) >= 11 is 0. The van der Waals surface area contributed by atoms with E-state index < -0.39 is 56.7 Å². The fourth-order valence-corrected chi connectivity index (χ4v) is 3.87. The lowest BCUT2D eigenvalue weighted by atomic mass is 9.99. The van der Waals surface area contributed by atoms with Crippen molar-refractivity contribution in [3.63, 3.8) is 0 Å². The zero-order valence-electron chi connectivity index (χ0n) is 16.7. The molecule has 0 bridgehead atoms. The Kier molecular flexibility index (Phi) is 3.99. The number of fused-ring (bicyclic) bond motifs is 5. The average molecular weight is 450 g/mol. The van der Waals surface area contributed by atoms with Crippen LogP contribution in [-0.4, -0.2) is 30.6 Å². The average Bonchev–Trinajstić information content (AvgIpc) is 2.78. The molecule has 0 saturated heterocycles. The smallest absolute Gasteiger partial charge is 0.344 e. The summed E-state index contributed by atoms with van der Waals surface area (Å²) in [5.74, 6) is -4.18. The molecule has 2 heterocycles. The first-order valence-corrected chi connectivity index (χ1v) is 9.47. The van der Waals surface area contributed by atoms with Crippen LogP contribution in [0.3, 0.4) is 0 Å². The first kappa shape index (κ1) is 20.1. The van der Waals surface area contributed by atoms with Crippen molar-refractivity contribution in [2.24, 2.45) is 0 Å². The Hall–Kier alpha value is -4.86. The van der Waals surface area contributed by atoms with Gasteiger partial charge in [0.2, 0.25) is 11.2 Å². The summed E-state index contributed by atoms with van der Waals surface area (Å²) in [6.45, 7) is 1.36. The van der Waals surface area contributed by atoms with Crippen molar-refractivity contribution in [2.75, 3.05) is 0 Å². The quantitative estimate of drug-likeness (QED) is 0.126. The molecule has 5 aromatic rings. The number of benzene rings is 3. The van der Waals surface area contributed by atoms with Crippen molar-refractivity contribution in [3.05, 3.63) is 56.5 Å². The highest BCUT2D eigenvalue weighted by Gasteiger charge is 2.27. The summed E-state index contributed by atoms with van der Waals surface area (Å²) < 4.78 is 11.1. The molecule has 0 saturated carbocycles. The maximum Gasteiger partial charge on any atom is 0.344 e. The minimum Gasteiger partial charge on any atom is -0.507 e. The van der Waals surface area contributed by atoms with Gasteiger partial charge in [-0.1, -0.05) is 0 Å². The zero-order chi connectivity index (χ0) is 23.8. The van der Waals surface area contributed by atoms with Crippen molar-refractivity contribution in [2.45, 2.75) is 6.92 Å². The van der Waals surface area contributed by atoms with E-state index in [0.29, 0.717) is 0 Å². The van der Waals surface area contributed by atoms with E-state index in [1.54, 1.807) is 0 Å². The van der Waals surface area contributed by atoms with E-state index in [1.807, 2.05) is 0 Å². The Labute approximate surface area is 182 Å². The summed E-state index contributed by atoms with van der Waals surface area (Å²) in [6.07, 6.45) is 0. The second-order valence-electron chi connectivity index (χ2n) is 7.44. The topological polar surface area (TPSA) is 182 Å². The number of rotatable bonds is 1. The fourth-order valence-electron chi connectivity index (χ4n) is 3.87. The molecule has 0 aliphatic carbocycles. The fraction of sp³-hybridized carbons (Fsp3) is 0.0435. The van der Waals surface area contributed by atoms with Gasteiger partial charge in [-0.25, -0.2) is 4.79 Å². The minimum atomic E-state index is -1.04. The molecular formula is C23H14O10. The van der Waals surface area contributed by atoms with Gasteiger partial charge in [-0.3, -0.25) is 4.79 Å². The van der Waals surface area contributed by atoms with Crippen LogP contribution in [0.25, 0.3) is 44.0 Å². The van der Waals surface area contributed by atoms with Gasteiger partial charge in [0.15, 0.2) is 34.3 Å². The Morgan fingerprint density at radius 1 is 0.667 bits per heavy atom. The van der Waals surface area contributed by atoms with Crippen molar-refractivity contribution < 1.29 is 39.5 Å². The third-order valence-corrected chi connectivity index (χ3v) is 5.53. The Morgan fingerprint density at radius 2 is 1.36 bits per heavy atom. The number of hydrogen-bond donors (Lipinski definition) is 6. The van der Waals surface area contributed by atoms with Crippen LogP contribution in [0.1, 0.15) is 5.56 Å². The molecule has 33 heavy (non-hydrogen) atoms. The standard InChI is InChI=1S/C23H14O10/c1-7-16(27)15-18(29)19(30)21(8-2-4-10(24)12(26)6-8)32-22(15)14-13-9(23(31)33-20(7)14)3-5-11(25)17(13)28/h2-6,24-28,30H,1H3. The van der Waals surface area contributed by atoms with E-state index in [4.69, 9.17) is 8.83 Å². The maximum absolute atomic E-state index is 13.1. The SMILES string of the molecule is Cc1c(O)c2c(=O)c(O)c(-c3ccc(O)c(O)c3)oc2c2c1oc(=O)c1ccc(O)c(O)c12. The third kappa shape index (κ3) is 2.61. The first-order valence-electron chi connectivity index (χ1n) is 9.47. The lowest BCUT2D eigenvalue weighted by Crippen LogP contribution is -2.06. The molecular weight excluding hydrogens is 436 g/mol. The summed E-state index contributed by atoms with van der Waals surface area (Å²) in [6, 6.07) is 5.70. The van der Waals surface area contributed by atoms with Crippen LogP contribution >= 0.6 is 0 Å². The normalized spacial score (nSPS) is 11.5. The van der Waals surface area contributed by atoms with Gasteiger partial charge in [0, 0.05) is 16.5 Å². The van der Waals surface area contributed by atoms with Gasteiger partial charge in [0.1, 0.15) is 16.7 Å². The number of hydrogen-bond acceptors (Lipinski definition) is 10. The van der Waals surface area contributed by atoms with Crippen molar-refractivity contribution >= 4 is 32.7 Å².